The molecule has 0 unspecified atom stereocenters. The summed E-state index contributed by atoms with van der Waals surface area (Å²) in [5.74, 6) is -0.570. The average molecular weight is 441 g/mol. The second-order valence-electron chi connectivity index (χ2n) is 7.55. The number of aliphatic imine (C=N–C) groups is 1. The first kappa shape index (κ1) is 21.4. The lowest BCUT2D eigenvalue weighted by atomic mass is 9.99. The van der Waals surface area contributed by atoms with E-state index in [1.807, 2.05) is 30.3 Å². The Morgan fingerprint density at radius 3 is 2.52 bits per heavy atom. The van der Waals surface area contributed by atoms with Crippen molar-refractivity contribution < 1.29 is 13.5 Å². The normalized spacial score (nSPS) is 15.7. The van der Waals surface area contributed by atoms with E-state index in [1.165, 1.54) is 18.2 Å². The second kappa shape index (κ2) is 9.56. The first-order valence-electron chi connectivity index (χ1n) is 10.5. The number of nitrogens with zero attached hydrogens (tertiary/aromatic N) is 2. The lowest BCUT2D eigenvalue weighted by Crippen LogP contribution is -2.03. The van der Waals surface area contributed by atoms with E-state index in [9.17, 15) is 8.78 Å². The molecule has 0 saturated carbocycles. The van der Waals surface area contributed by atoms with Gasteiger partial charge in [-0.3, -0.25) is 4.99 Å². The predicted octanol–water partition coefficient (Wildman–Crippen LogP) is 7.18. The number of rotatable bonds is 7. The minimum absolute atomic E-state index is 0.0370. The Hall–Kier alpha value is -2.79. The highest BCUT2D eigenvalue weighted by Gasteiger charge is 2.25. The van der Waals surface area contributed by atoms with Gasteiger partial charge in [0.25, 0.3) is 0 Å². The Morgan fingerprint density at radius 2 is 1.84 bits per heavy atom. The molecule has 0 N–H and O–H groups in total. The van der Waals surface area contributed by atoms with Crippen LogP contribution in [-0.2, 0) is 0 Å². The van der Waals surface area contributed by atoms with Gasteiger partial charge in [0.05, 0.1) is 18.2 Å². The highest BCUT2D eigenvalue weighted by atomic mass is 35.5. The quantitative estimate of drug-likeness (QED) is 0.364. The van der Waals surface area contributed by atoms with Crippen molar-refractivity contribution in [3.63, 3.8) is 0 Å². The predicted molar refractivity (Wildman–Crippen MR) is 120 cm³/mol. The van der Waals surface area contributed by atoms with E-state index in [0.717, 1.165) is 29.5 Å². The molecule has 0 fully saturated rings. The number of halogens is 3. The van der Waals surface area contributed by atoms with Crippen LogP contribution >= 0.6 is 11.6 Å². The fraction of sp³-hybridized carbons (Fsp3) is 0.280. The molecule has 2 aromatic carbocycles. The molecule has 0 radical (unpaired) electrons. The molecule has 31 heavy (non-hydrogen) atoms. The van der Waals surface area contributed by atoms with E-state index in [2.05, 4.69) is 16.9 Å². The molecule has 6 heteroatoms. The summed E-state index contributed by atoms with van der Waals surface area (Å²) in [5, 5.41) is 0.574. The summed E-state index contributed by atoms with van der Waals surface area (Å²) in [5.41, 5.74) is 3.13. The van der Waals surface area contributed by atoms with Crippen molar-refractivity contribution in [2.75, 3.05) is 6.61 Å². The smallest absolute Gasteiger partial charge is 0.213 e. The van der Waals surface area contributed by atoms with E-state index >= 15 is 0 Å². The Bertz CT molecular complexity index is 1080. The number of pyridine rings is 1. The van der Waals surface area contributed by atoms with Crippen molar-refractivity contribution >= 4 is 17.3 Å². The molecule has 0 aliphatic carbocycles. The van der Waals surface area contributed by atoms with Crippen molar-refractivity contribution in [2.24, 2.45) is 4.99 Å². The Labute approximate surface area is 185 Å². The van der Waals surface area contributed by atoms with Crippen LogP contribution in [0, 0.1) is 11.6 Å². The Balaban J connectivity index is 1.52. The molecule has 0 saturated heterocycles. The number of hydrogen-bond acceptors (Lipinski definition) is 3. The van der Waals surface area contributed by atoms with Gasteiger partial charge in [-0.05, 0) is 54.7 Å². The molecular weight excluding hydrogens is 418 g/mol. The molecule has 3 aromatic rings. The zero-order chi connectivity index (χ0) is 21.8. The van der Waals surface area contributed by atoms with Crippen LogP contribution in [0.5, 0.6) is 5.88 Å². The Morgan fingerprint density at radius 1 is 1.06 bits per heavy atom. The number of benzene rings is 2. The maximum atomic E-state index is 14.1. The van der Waals surface area contributed by atoms with Gasteiger partial charge < -0.3 is 4.74 Å². The molecule has 1 atom stereocenters. The van der Waals surface area contributed by atoms with Gasteiger partial charge in [0, 0.05) is 28.6 Å². The van der Waals surface area contributed by atoms with E-state index < -0.39 is 11.6 Å². The van der Waals surface area contributed by atoms with E-state index in [0.29, 0.717) is 36.1 Å². The van der Waals surface area contributed by atoms with Crippen LogP contribution in [0.4, 0.5) is 8.78 Å². The van der Waals surface area contributed by atoms with E-state index in [4.69, 9.17) is 16.3 Å². The lowest BCUT2D eigenvalue weighted by molar-refractivity contribution is 0.298. The molecule has 3 nitrogen and oxygen atoms in total. The molecule has 0 amide bonds. The van der Waals surface area contributed by atoms with Gasteiger partial charge in [0.1, 0.15) is 11.6 Å². The van der Waals surface area contributed by atoms with Crippen molar-refractivity contribution in [3.05, 3.63) is 82.5 Å². The molecular formula is C25H23ClF2N2O. The summed E-state index contributed by atoms with van der Waals surface area (Å²) < 4.78 is 33.8. The maximum Gasteiger partial charge on any atom is 0.213 e. The lowest BCUT2D eigenvalue weighted by Gasteiger charge is -2.12. The van der Waals surface area contributed by atoms with E-state index in [1.54, 1.807) is 6.20 Å². The van der Waals surface area contributed by atoms with Gasteiger partial charge in [-0.25, -0.2) is 13.8 Å². The minimum Gasteiger partial charge on any atom is -0.478 e. The summed E-state index contributed by atoms with van der Waals surface area (Å²) in [7, 11) is 0. The van der Waals surface area contributed by atoms with Crippen molar-refractivity contribution in [2.45, 2.75) is 38.6 Å². The monoisotopic (exact) mass is 440 g/mol. The van der Waals surface area contributed by atoms with Gasteiger partial charge in [-0.2, -0.15) is 0 Å². The van der Waals surface area contributed by atoms with Gasteiger partial charge in [0.2, 0.25) is 5.88 Å². The summed E-state index contributed by atoms with van der Waals surface area (Å²) in [4.78, 5) is 8.94. The maximum absolute atomic E-state index is 14.1. The van der Waals surface area contributed by atoms with Crippen LogP contribution in [0.1, 0.15) is 49.8 Å². The van der Waals surface area contributed by atoms with Gasteiger partial charge in [0.15, 0.2) is 0 Å². The number of aromatic nitrogens is 1. The highest BCUT2D eigenvalue weighted by molar-refractivity contribution is 6.31. The van der Waals surface area contributed by atoms with E-state index in [-0.39, 0.29) is 11.6 Å². The third kappa shape index (κ3) is 4.77. The summed E-state index contributed by atoms with van der Waals surface area (Å²) in [6.07, 6.45) is 5.00. The molecule has 160 valence electrons. The fourth-order valence-corrected chi connectivity index (χ4v) is 4.02. The van der Waals surface area contributed by atoms with Crippen LogP contribution in [0.15, 0.2) is 59.7 Å². The first-order valence-corrected chi connectivity index (χ1v) is 10.8. The van der Waals surface area contributed by atoms with Crippen LogP contribution in [0.2, 0.25) is 5.02 Å². The third-order valence-corrected chi connectivity index (χ3v) is 5.72. The van der Waals surface area contributed by atoms with Crippen LogP contribution in [-0.4, -0.2) is 17.3 Å². The largest absolute Gasteiger partial charge is 0.478 e. The number of ether oxygens (including phenoxy) is 1. The third-order valence-electron chi connectivity index (χ3n) is 5.39. The second-order valence-corrected chi connectivity index (χ2v) is 7.96. The average Bonchev–Trinajstić information content (AvgIpc) is 3.23. The van der Waals surface area contributed by atoms with Crippen molar-refractivity contribution in [1.29, 1.82) is 0 Å². The minimum atomic E-state index is -0.588. The fourth-order valence-electron chi connectivity index (χ4n) is 3.71. The molecule has 0 bridgehead atoms. The number of hydrogen-bond donors (Lipinski definition) is 0. The molecule has 0 spiro atoms. The van der Waals surface area contributed by atoms with Crippen molar-refractivity contribution in [3.8, 4) is 17.0 Å². The molecule has 2 heterocycles. The number of unbranched alkanes of at least 4 members (excludes halogenated alkanes) is 1. The zero-order valence-corrected chi connectivity index (χ0v) is 18.0. The van der Waals surface area contributed by atoms with Gasteiger partial charge in [-0.15, -0.1) is 0 Å². The molecule has 4 rings (SSSR count). The van der Waals surface area contributed by atoms with Crippen molar-refractivity contribution in [1.82, 2.24) is 4.98 Å². The topological polar surface area (TPSA) is 34.5 Å². The van der Waals surface area contributed by atoms with Crippen LogP contribution in [0.3, 0.4) is 0 Å². The van der Waals surface area contributed by atoms with Crippen LogP contribution < -0.4 is 4.74 Å². The molecule has 1 aromatic heterocycles. The van der Waals surface area contributed by atoms with Gasteiger partial charge in [-0.1, -0.05) is 43.1 Å². The van der Waals surface area contributed by atoms with Gasteiger partial charge >= 0.3 is 0 Å². The summed E-state index contributed by atoms with van der Waals surface area (Å²) in [6.45, 7) is 2.77. The van der Waals surface area contributed by atoms with Crippen LogP contribution in [0.25, 0.3) is 11.1 Å². The highest BCUT2D eigenvalue weighted by Crippen LogP contribution is 2.37. The molecule has 1 aliphatic rings. The Kier molecular flexibility index (Phi) is 6.62. The SMILES string of the molecule is CCCCOc1ccc(-c2ccc([C@H]3CCC(c4c(F)cccc4F)=N3)c(Cl)c2)cn1. The summed E-state index contributed by atoms with van der Waals surface area (Å²) in [6, 6.07) is 13.2. The first-order chi connectivity index (χ1) is 15.1. The zero-order valence-electron chi connectivity index (χ0n) is 17.2. The summed E-state index contributed by atoms with van der Waals surface area (Å²) >= 11 is 6.57. The molecule has 1 aliphatic heterocycles. The standard InChI is InChI=1S/C25H23ClF2N2O/c1-2-3-13-31-24-12-8-17(15-29-24)16-7-9-18(19(26)14-16)22-10-11-23(30-22)25-20(27)5-4-6-21(25)28/h4-9,12,14-15,22H,2-3,10-11,13H2,1H3/t22-/m1/s1.